The van der Waals surface area contributed by atoms with Crippen LogP contribution in [0.1, 0.15) is 28.4 Å². The molecule has 1 amide bonds. The molecular formula is C32H26N2O2. The number of ether oxygens (including phenoxy) is 1. The van der Waals surface area contributed by atoms with E-state index in [1.165, 1.54) is 0 Å². The van der Waals surface area contributed by atoms with Gasteiger partial charge in [0.05, 0.1) is 5.71 Å². The summed E-state index contributed by atoms with van der Waals surface area (Å²) in [5, 5.41) is 6.59. The molecule has 5 aromatic carbocycles. The number of carbonyl (C=O) groups is 1. The highest BCUT2D eigenvalue weighted by Crippen LogP contribution is 2.30. The molecule has 4 nitrogen and oxygen atoms in total. The molecule has 176 valence electrons. The fraction of sp³-hybridized carbons (Fsp3) is 0.0625. The van der Waals surface area contributed by atoms with E-state index in [0.29, 0.717) is 12.2 Å². The Bertz CT molecular complexity index is 1520. The Kier molecular flexibility index (Phi) is 6.86. The average molecular weight is 471 g/mol. The van der Waals surface area contributed by atoms with Gasteiger partial charge in [-0.1, -0.05) is 103 Å². The number of benzene rings is 5. The van der Waals surface area contributed by atoms with Gasteiger partial charge in [0.25, 0.3) is 5.91 Å². The van der Waals surface area contributed by atoms with E-state index in [2.05, 4.69) is 46.9 Å². The summed E-state index contributed by atoms with van der Waals surface area (Å²) >= 11 is 0. The first kappa shape index (κ1) is 23.1. The van der Waals surface area contributed by atoms with Gasteiger partial charge in [-0.2, -0.15) is 5.10 Å². The number of nitrogens with zero attached hydrogens (tertiary/aromatic N) is 1. The maximum atomic E-state index is 12.7. The Morgan fingerprint density at radius 3 is 2.28 bits per heavy atom. The summed E-state index contributed by atoms with van der Waals surface area (Å²) in [5.41, 5.74) is 8.11. The Hall–Kier alpha value is -4.70. The van der Waals surface area contributed by atoms with Gasteiger partial charge in [-0.15, -0.1) is 0 Å². The van der Waals surface area contributed by atoms with Gasteiger partial charge in [0.2, 0.25) is 0 Å². The van der Waals surface area contributed by atoms with Crippen LogP contribution in [-0.2, 0) is 6.61 Å². The molecule has 0 atom stereocenters. The molecule has 5 rings (SSSR count). The summed E-state index contributed by atoms with van der Waals surface area (Å²) in [5.74, 6) is 0.570. The smallest absolute Gasteiger partial charge is 0.271 e. The highest BCUT2D eigenvalue weighted by atomic mass is 16.5. The lowest BCUT2D eigenvalue weighted by Gasteiger charge is -2.12. The third-order valence-corrected chi connectivity index (χ3v) is 6.09. The Morgan fingerprint density at radius 1 is 0.750 bits per heavy atom. The second-order valence-corrected chi connectivity index (χ2v) is 8.51. The highest BCUT2D eigenvalue weighted by molar-refractivity contribution is 6.10. The van der Waals surface area contributed by atoms with E-state index in [-0.39, 0.29) is 5.91 Å². The van der Waals surface area contributed by atoms with Gasteiger partial charge in [-0.25, -0.2) is 5.43 Å². The first-order valence-electron chi connectivity index (χ1n) is 11.9. The van der Waals surface area contributed by atoms with Gasteiger partial charge in [-0.3, -0.25) is 4.79 Å². The SMILES string of the molecule is CC(=NNC(=O)c1ccc(COc2ccccc2-c2ccccc2)cc1)c1cccc2ccccc12. The molecule has 0 spiro atoms. The molecule has 0 aliphatic carbocycles. The normalized spacial score (nSPS) is 11.3. The highest BCUT2D eigenvalue weighted by Gasteiger charge is 2.09. The Morgan fingerprint density at radius 2 is 1.44 bits per heavy atom. The van der Waals surface area contributed by atoms with E-state index in [9.17, 15) is 4.79 Å². The summed E-state index contributed by atoms with van der Waals surface area (Å²) in [6, 6.07) is 39.8. The van der Waals surface area contributed by atoms with E-state index < -0.39 is 0 Å². The molecule has 0 unspecified atom stereocenters. The molecule has 1 N–H and O–H groups in total. The molecule has 4 heteroatoms. The summed E-state index contributed by atoms with van der Waals surface area (Å²) in [6.45, 7) is 2.31. The van der Waals surface area contributed by atoms with E-state index in [4.69, 9.17) is 4.74 Å². The van der Waals surface area contributed by atoms with Crippen molar-refractivity contribution >= 4 is 22.4 Å². The molecule has 0 bridgehead atoms. The van der Waals surface area contributed by atoms with E-state index in [1.54, 1.807) is 12.1 Å². The zero-order valence-corrected chi connectivity index (χ0v) is 20.0. The molecule has 0 aromatic heterocycles. The van der Waals surface area contributed by atoms with Crippen LogP contribution in [0.5, 0.6) is 5.75 Å². The molecule has 0 saturated carbocycles. The predicted octanol–water partition coefficient (Wildman–Crippen LogP) is 7.24. The predicted molar refractivity (Wildman–Crippen MR) is 146 cm³/mol. The van der Waals surface area contributed by atoms with Crippen LogP contribution in [0.3, 0.4) is 0 Å². The number of nitrogens with one attached hydrogen (secondary N) is 1. The molecule has 0 aliphatic heterocycles. The summed E-state index contributed by atoms with van der Waals surface area (Å²) < 4.78 is 6.12. The van der Waals surface area contributed by atoms with Crippen molar-refractivity contribution in [3.8, 4) is 16.9 Å². The average Bonchev–Trinajstić information content (AvgIpc) is 2.95. The summed E-state index contributed by atoms with van der Waals surface area (Å²) in [7, 11) is 0. The number of carbonyl (C=O) groups excluding carboxylic acids is 1. The van der Waals surface area contributed by atoms with Crippen molar-refractivity contribution in [1.82, 2.24) is 5.43 Å². The van der Waals surface area contributed by atoms with Crippen LogP contribution in [-0.4, -0.2) is 11.6 Å². The van der Waals surface area contributed by atoms with Crippen molar-refractivity contribution in [2.24, 2.45) is 5.10 Å². The standard InChI is InChI=1S/C32H26N2O2/c1-23(28-16-9-13-25-12-5-6-14-29(25)28)33-34-32(35)27-20-18-24(19-21-27)22-36-31-17-8-7-15-30(31)26-10-3-2-4-11-26/h2-21H,22H2,1H3,(H,34,35). The van der Waals surface area contributed by atoms with Crippen molar-refractivity contribution < 1.29 is 9.53 Å². The van der Waals surface area contributed by atoms with Gasteiger partial charge in [0, 0.05) is 16.7 Å². The van der Waals surface area contributed by atoms with Crippen LogP contribution < -0.4 is 10.2 Å². The maximum Gasteiger partial charge on any atom is 0.271 e. The Labute approximate surface area is 210 Å². The zero-order valence-electron chi connectivity index (χ0n) is 20.0. The molecule has 0 aliphatic rings. The number of para-hydroxylation sites is 1. The third-order valence-electron chi connectivity index (χ3n) is 6.09. The molecule has 36 heavy (non-hydrogen) atoms. The monoisotopic (exact) mass is 470 g/mol. The first-order chi connectivity index (χ1) is 17.7. The number of amides is 1. The lowest BCUT2D eigenvalue weighted by molar-refractivity contribution is 0.0955. The van der Waals surface area contributed by atoms with E-state index in [1.807, 2.05) is 79.7 Å². The van der Waals surface area contributed by atoms with Crippen LogP contribution in [0.15, 0.2) is 126 Å². The first-order valence-corrected chi connectivity index (χ1v) is 11.9. The summed E-state index contributed by atoms with van der Waals surface area (Å²) in [6.07, 6.45) is 0. The number of hydrogen-bond acceptors (Lipinski definition) is 3. The van der Waals surface area contributed by atoms with Crippen LogP contribution in [0.4, 0.5) is 0 Å². The Balaban J connectivity index is 1.24. The second kappa shape index (κ2) is 10.7. The van der Waals surface area contributed by atoms with Gasteiger partial charge in [0.1, 0.15) is 12.4 Å². The molecule has 0 fully saturated rings. The van der Waals surface area contributed by atoms with Crippen molar-refractivity contribution in [3.63, 3.8) is 0 Å². The van der Waals surface area contributed by atoms with Crippen LogP contribution in [0, 0.1) is 0 Å². The molecule has 0 radical (unpaired) electrons. The lowest BCUT2D eigenvalue weighted by atomic mass is 10.0. The number of fused-ring (bicyclic) bond motifs is 1. The second-order valence-electron chi connectivity index (χ2n) is 8.51. The topological polar surface area (TPSA) is 50.7 Å². The number of hydrazone groups is 1. The van der Waals surface area contributed by atoms with Crippen molar-refractivity contribution in [1.29, 1.82) is 0 Å². The quantitative estimate of drug-likeness (QED) is 0.201. The van der Waals surface area contributed by atoms with E-state index in [0.717, 1.165) is 44.5 Å². The molecular weight excluding hydrogens is 444 g/mol. The minimum atomic E-state index is -0.253. The van der Waals surface area contributed by atoms with Crippen molar-refractivity contribution in [2.45, 2.75) is 13.5 Å². The van der Waals surface area contributed by atoms with Gasteiger partial charge in [0.15, 0.2) is 0 Å². The molecule has 5 aromatic rings. The maximum absolute atomic E-state index is 12.7. The van der Waals surface area contributed by atoms with Gasteiger partial charge >= 0.3 is 0 Å². The van der Waals surface area contributed by atoms with Gasteiger partial charge < -0.3 is 4.74 Å². The van der Waals surface area contributed by atoms with Crippen LogP contribution in [0.25, 0.3) is 21.9 Å². The molecule has 0 heterocycles. The van der Waals surface area contributed by atoms with Crippen LogP contribution >= 0.6 is 0 Å². The lowest BCUT2D eigenvalue weighted by Crippen LogP contribution is -2.19. The third kappa shape index (κ3) is 5.18. The van der Waals surface area contributed by atoms with Crippen molar-refractivity contribution in [2.75, 3.05) is 0 Å². The van der Waals surface area contributed by atoms with Crippen LogP contribution in [0.2, 0.25) is 0 Å². The molecule has 0 saturated heterocycles. The minimum Gasteiger partial charge on any atom is -0.488 e. The zero-order chi connectivity index (χ0) is 24.7. The number of hydrogen-bond donors (Lipinski definition) is 1. The largest absolute Gasteiger partial charge is 0.488 e. The summed E-state index contributed by atoms with van der Waals surface area (Å²) in [4.78, 5) is 12.7. The number of rotatable bonds is 7. The minimum absolute atomic E-state index is 0.253. The van der Waals surface area contributed by atoms with Crippen molar-refractivity contribution in [3.05, 3.63) is 138 Å². The van der Waals surface area contributed by atoms with Gasteiger partial charge in [-0.05, 0) is 47.0 Å². The fourth-order valence-corrected chi connectivity index (χ4v) is 4.16. The fourth-order valence-electron chi connectivity index (χ4n) is 4.16. The van der Waals surface area contributed by atoms with E-state index >= 15 is 0 Å².